The molecule has 0 fully saturated rings. The number of nitrogens with one attached hydrogen (secondary N) is 1. The summed E-state index contributed by atoms with van der Waals surface area (Å²) in [6.45, 7) is 3.05. The van der Waals surface area contributed by atoms with E-state index in [1.807, 2.05) is 31.2 Å². The van der Waals surface area contributed by atoms with Gasteiger partial charge in [0.05, 0.1) is 24.8 Å². The number of fused-ring (bicyclic) bond motifs is 1. The number of hydrogen-bond donors (Lipinski definition) is 1. The number of nitrogens with zero attached hydrogens (tertiary/aromatic N) is 1. The molecule has 5 heteroatoms. The molecule has 1 amide bonds. The predicted octanol–water partition coefficient (Wildman–Crippen LogP) is 2.73. The zero-order chi connectivity index (χ0) is 15.4. The van der Waals surface area contributed by atoms with Gasteiger partial charge in [-0.2, -0.15) is 0 Å². The zero-order valence-electron chi connectivity index (χ0n) is 12.4. The lowest BCUT2D eigenvalue weighted by Crippen LogP contribution is -2.32. The van der Waals surface area contributed by atoms with Crippen LogP contribution in [0.2, 0.25) is 0 Å². The summed E-state index contributed by atoms with van der Waals surface area (Å²) >= 11 is 0. The third kappa shape index (κ3) is 3.03. The van der Waals surface area contributed by atoms with Crippen LogP contribution in [-0.2, 0) is 0 Å². The molecule has 114 valence electrons. The summed E-state index contributed by atoms with van der Waals surface area (Å²) in [5, 5.41) is 3.04. The molecule has 1 aliphatic heterocycles. The third-order valence-corrected chi connectivity index (χ3v) is 3.55. The summed E-state index contributed by atoms with van der Waals surface area (Å²) in [4.78, 5) is 16.5. The number of benzene rings is 1. The smallest absolute Gasteiger partial charge is 0.253 e. The number of carbonyl (C=O) groups excluding carboxylic acids is 1. The van der Waals surface area contributed by atoms with E-state index in [2.05, 4.69) is 10.3 Å². The Balaban J connectivity index is 1.72. The first kappa shape index (κ1) is 14.4. The van der Waals surface area contributed by atoms with Crippen LogP contribution in [0.15, 0.2) is 42.6 Å². The van der Waals surface area contributed by atoms with Crippen LogP contribution in [0, 0.1) is 0 Å². The minimum Gasteiger partial charge on any atom is -0.493 e. The summed E-state index contributed by atoms with van der Waals surface area (Å²) in [6, 6.07) is 11.2. The average Bonchev–Trinajstić information content (AvgIpc) is 2.56. The first-order valence-corrected chi connectivity index (χ1v) is 7.39. The van der Waals surface area contributed by atoms with E-state index in [-0.39, 0.29) is 11.9 Å². The Kier molecular flexibility index (Phi) is 4.23. The van der Waals surface area contributed by atoms with Gasteiger partial charge >= 0.3 is 0 Å². The van der Waals surface area contributed by atoms with E-state index in [1.54, 1.807) is 12.1 Å². The number of ether oxygens (including phenoxy) is 2. The molecule has 2 aromatic rings. The number of rotatable bonds is 4. The van der Waals surface area contributed by atoms with Crippen molar-refractivity contribution in [3.05, 3.63) is 53.7 Å². The maximum Gasteiger partial charge on any atom is 0.253 e. The van der Waals surface area contributed by atoms with Crippen molar-refractivity contribution < 1.29 is 14.3 Å². The number of aromatic nitrogens is 1. The van der Waals surface area contributed by atoms with Gasteiger partial charge in [-0.15, -0.1) is 0 Å². The van der Waals surface area contributed by atoms with Gasteiger partial charge in [0.25, 0.3) is 5.91 Å². The lowest BCUT2D eigenvalue weighted by Gasteiger charge is -2.26. The van der Waals surface area contributed by atoms with Gasteiger partial charge in [-0.05, 0) is 19.1 Å². The van der Waals surface area contributed by atoms with Crippen LogP contribution in [0.5, 0.6) is 11.6 Å². The highest BCUT2D eigenvalue weighted by Gasteiger charge is 2.23. The molecule has 3 rings (SSSR count). The maximum atomic E-state index is 12.4. The Bertz CT molecular complexity index is 655. The largest absolute Gasteiger partial charge is 0.493 e. The van der Waals surface area contributed by atoms with Gasteiger partial charge in [-0.1, -0.05) is 18.2 Å². The standard InChI is InChI=1S/C17H18N2O3/c1-2-21-16-8-7-12(11-18-16)17(20)19-14-9-10-22-15-6-4-3-5-13(14)15/h3-8,11,14H,2,9-10H2,1H3,(H,19,20)/t14-/m0/s1. The summed E-state index contributed by atoms with van der Waals surface area (Å²) in [6.07, 6.45) is 2.29. The van der Waals surface area contributed by atoms with Gasteiger partial charge in [0.15, 0.2) is 0 Å². The highest BCUT2D eigenvalue weighted by Crippen LogP contribution is 2.31. The van der Waals surface area contributed by atoms with Crippen molar-refractivity contribution in [2.45, 2.75) is 19.4 Å². The Hall–Kier alpha value is -2.56. The molecule has 0 saturated heterocycles. The van der Waals surface area contributed by atoms with Crippen LogP contribution in [0.1, 0.15) is 35.3 Å². The molecule has 1 N–H and O–H groups in total. The summed E-state index contributed by atoms with van der Waals surface area (Å²) in [7, 11) is 0. The zero-order valence-corrected chi connectivity index (χ0v) is 12.4. The highest BCUT2D eigenvalue weighted by atomic mass is 16.5. The Morgan fingerprint density at radius 1 is 1.36 bits per heavy atom. The minimum absolute atomic E-state index is 0.0379. The van der Waals surface area contributed by atoms with Crippen molar-refractivity contribution >= 4 is 5.91 Å². The number of amides is 1. The van der Waals surface area contributed by atoms with Crippen molar-refractivity contribution in [1.82, 2.24) is 10.3 Å². The van der Waals surface area contributed by atoms with Crippen molar-refractivity contribution in [1.29, 1.82) is 0 Å². The van der Waals surface area contributed by atoms with Crippen LogP contribution in [0.3, 0.4) is 0 Å². The van der Waals surface area contributed by atoms with Gasteiger partial charge in [0, 0.05) is 24.2 Å². The molecule has 1 aromatic heterocycles. The monoisotopic (exact) mass is 298 g/mol. The highest BCUT2D eigenvalue weighted by molar-refractivity contribution is 5.94. The van der Waals surface area contributed by atoms with E-state index in [0.717, 1.165) is 17.7 Å². The lowest BCUT2D eigenvalue weighted by molar-refractivity contribution is 0.0924. The molecular formula is C17H18N2O3. The Labute approximate surface area is 129 Å². The summed E-state index contributed by atoms with van der Waals surface area (Å²) < 4.78 is 10.9. The van der Waals surface area contributed by atoms with Crippen LogP contribution in [0.4, 0.5) is 0 Å². The van der Waals surface area contributed by atoms with E-state index in [0.29, 0.717) is 24.7 Å². The lowest BCUT2D eigenvalue weighted by atomic mass is 10.0. The number of hydrogen-bond acceptors (Lipinski definition) is 4. The van der Waals surface area contributed by atoms with Crippen molar-refractivity contribution in [2.24, 2.45) is 0 Å². The SMILES string of the molecule is CCOc1ccc(C(=O)N[C@H]2CCOc3ccccc32)cn1. The van der Waals surface area contributed by atoms with Crippen LogP contribution in [0.25, 0.3) is 0 Å². The molecule has 1 aromatic carbocycles. The van der Waals surface area contributed by atoms with E-state index < -0.39 is 0 Å². The topological polar surface area (TPSA) is 60.5 Å². The first-order valence-electron chi connectivity index (χ1n) is 7.39. The second-order valence-corrected chi connectivity index (χ2v) is 5.02. The molecule has 1 atom stereocenters. The fraction of sp³-hybridized carbons (Fsp3) is 0.294. The van der Waals surface area contributed by atoms with Crippen molar-refractivity contribution in [3.63, 3.8) is 0 Å². The van der Waals surface area contributed by atoms with E-state index in [4.69, 9.17) is 9.47 Å². The summed E-state index contributed by atoms with van der Waals surface area (Å²) in [5.41, 5.74) is 1.54. The van der Waals surface area contributed by atoms with Gasteiger partial charge in [-0.25, -0.2) is 4.98 Å². The molecule has 0 saturated carbocycles. The van der Waals surface area contributed by atoms with Crippen molar-refractivity contribution in [3.8, 4) is 11.6 Å². The molecular weight excluding hydrogens is 280 g/mol. The van der Waals surface area contributed by atoms with Crippen LogP contribution >= 0.6 is 0 Å². The second kappa shape index (κ2) is 6.47. The van der Waals surface area contributed by atoms with E-state index in [9.17, 15) is 4.79 Å². The first-order chi connectivity index (χ1) is 10.8. The Morgan fingerprint density at radius 3 is 3.00 bits per heavy atom. The minimum atomic E-state index is -0.141. The molecule has 2 heterocycles. The average molecular weight is 298 g/mol. The summed E-state index contributed by atoms with van der Waals surface area (Å²) in [5.74, 6) is 1.22. The van der Waals surface area contributed by atoms with Gasteiger partial charge in [0.1, 0.15) is 5.75 Å². The van der Waals surface area contributed by atoms with Gasteiger partial charge in [-0.3, -0.25) is 4.79 Å². The molecule has 0 radical (unpaired) electrons. The predicted molar refractivity (Wildman–Crippen MR) is 82.2 cm³/mol. The number of pyridine rings is 1. The molecule has 0 spiro atoms. The van der Waals surface area contributed by atoms with Crippen LogP contribution < -0.4 is 14.8 Å². The van der Waals surface area contributed by atoms with Crippen molar-refractivity contribution in [2.75, 3.05) is 13.2 Å². The molecule has 0 bridgehead atoms. The second-order valence-electron chi connectivity index (χ2n) is 5.02. The van der Waals surface area contributed by atoms with E-state index in [1.165, 1.54) is 6.20 Å². The fourth-order valence-corrected chi connectivity index (χ4v) is 2.48. The number of carbonyl (C=O) groups is 1. The molecule has 5 nitrogen and oxygen atoms in total. The maximum absolute atomic E-state index is 12.4. The molecule has 1 aliphatic rings. The molecule has 22 heavy (non-hydrogen) atoms. The number of para-hydroxylation sites is 1. The fourth-order valence-electron chi connectivity index (χ4n) is 2.48. The quantitative estimate of drug-likeness (QED) is 0.943. The molecule has 0 aliphatic carbocycles. The van der Waals surface area contributed by atoms with Crippen LogP contribution in [-0.4, -0.2) is 24.1 Å². The normalized spacial score (nSPS) is 16.3. The van der Waals surface area contributed by atoms with Gasteiger partial charge < -0.3 is 14.8 Å². The van der Waals surface area contributed by atoms with Gasteiger partial charge in [0.2, 0.25) is 5.88 Å². The van der Waals surface area contributed by atoms with E-state index >= 15 is 0 Å². The Morgan fingerprint density at radius 2 is 2.23 bits per heavy atom. The molecule has 0 unspecified atom stereocenters. The third-order valence-electron chi connectivity index (χ3n) is 3.55.